The fourth-order valence-electron chi connectivity index (χ4n) is 1.34. The summed E-state index contributed by atoms with van der Waals surface area (Å²) in [5.74, 6) is -1.69. The normalized spacial score (nSPS) is 14.1. The van der Waals surface area contributed by atoms with Crippen molar-refractivity contribution >= 4 is 6.16 Å². The Balaban J connectivity index is 3.06. The molecule has 0 aliphatic carbocycles. The molecule has 0 aliphatic heterocycles. The number of hydrogen-bond donors (Lipinski definition) is 1. The Kier molecular flexibility index (Phi) is 4.28. The highest BCUT2D eigenvalue weighted by Gasteiger charge is 2.38. The van der Waals surface area contributed by atoms with Crippen molar-refractivity contribution in [3.05, 3.63) is 35.9 Å². The predicted molar refractivity (Wildman–Crippen MR) is 55.9 cm³/mol. The summed E-state index contributed by atoms with van der Waals surface area (Å²) in [5.41, 5.74) is 0.488. The summed E-state index contributed by atoms with van der Waals surface area (Å²) < 4.78 is 15.0. The van der Waals surface area contributed by atoms with Gasteiger partial charge in [-0.2, -0.15) is 0 Å². The van der Waals surface area contributed by atoms with Crippen molar-refractivity contribution < 1.29 is 24.1 Å². The first-order valence-corrected chi connectivity index (χ1v) is 4.81. The van der Waals surface area contributed by atoms with Gasteiger partial charge in [0.25, 0.3) is 0 Å². The van der Waals surface area contributed by atoms with Crippen LogP contribution in [0, 0.1) is 0 Å². The fraction of sp³-hybridized carbons (Fsp3) is 0.364. The second kappa shape index (κ2) is 5.48. The summed E-state index contributed by atoms with van der Waals surface area (Å²) in [7, 11) is 1.33. The lowest BCUT2D eigenvalue weighted by Crippen LogP contribution is -2.37. The van der Waals surface area contributed by atoms with Crippen LogP contribution >= 0.6 is 0 Å². The van der Waals surface area contributed by atoms with Crippen LogP contribution in [0.2, 0.25) is 0 Å². The molecule has 0 spiro atoms. The molecule has 0 aliphatic rings. The second-order valence-electron chi connectivity index (χ2n) is 2.93. The van der Waals surface area contributed by atoms with Gasteiger partial charge in [-0.25, -0.2) is 4.79 Å². The molecular formula is C11H14O5. The van der Waals surface area contributed by atoms with Crippen LogP contribution in [0.15, 0.2) is 30.3 Å². The van der Waals surface area contributed by atoms with E-state index < -0.39 is 12.1 Å². The minimum atomic E-state index is -1.69. The van der Waals surface area contributed by atoms with Crippen molar-refractivity contribution in [2.45, 2.75) is 12.9 Å². The maximum Gasteiger partial charge on any atom is 0.510 e. The van der Waals surface area contributed by atoms with E-state index >= 15 is 0 Å². The molecule has 16 heavy (non-hydrogen) atoms. The van der Waals surface area contributed by atoms with Gasteiger partial charge >= 0.3 is 12.1 Å². The van der Waals surface area contributed by atoms with Crippen LogP contribution in [0.5, 0.6) is 0 Å². The maximum atomic E-state index is 10.6. The number of carbonyl (C=O) groups is 1. The summed E-state index contributed by atoms with van der Waals surface area (Å²) >= 11 is 0. The molecule has 0 bridgehead atoms. The third kappa shape index (κ3) is 2.71. The van der Waals surface area contributed by atoms with E-state index in [0.29, 0.717) is 5.56 Å². The van der Waals surface area contributed by atoms with Crippen LogP contribution in [-0.4, -0.2) is 25.0 Å². The van der Waals surface area contributed by atoms with Gasteiger partial charge in [0.1, 0.15) is 0 Å². The van der Waals surface area contributed by atoms with Gasteiger partial charge in [0.2, 0.25) is 0 Å². The highest BCUT2D eigenvalue weighted by molar-refractivity contribution is 5.57. The number of hydrogen-bond acceptors (Lipinski definition) is 4. The molecule has 0 saturated heterocycles. The zero-order valence-corrected chi connectivity index (χ0v) is 9.17. The molecule has 5 nitrogen and oxygen atoms in total. The first-order chi connectivity index (χ1) is 7.64. The smallest absolute Gasteiger partial charge is 0.450 e. The van der Waals surface area contributed by atoms with E-state index in [1.54, 1.807) is 37.3 Å². The minimum Gasteiger partial charge on any atom is -0.450 e. The van der Waals surface area contributed by atoms with Crippen molar-refractivity contribution in [2.75, 3.05) is 13.7 Å². The third-order valence-corrected chi connectivity index (χ3v) is 1.95. The Morgan fingerprint density at radius 1 is 1.38 bits per heavy atom. The maximum absolute atomic E-state index is 10.6. The molecule has 88 valence electrons. The van der Waals surface area contributed by atoms with E-state index in [1.807, 2.05) is 0 Å². The minimum absolute atomic E-state index is 0.260. The van der Waals surface area contributed by atoms with Crippen molar-refractivity contribution in [1.29, 1.82) is 0 Å². The molecule has 0 fully saturated rings. The molecule has 0 aromatic heterocycles. The molecule has 1 rings (SSSR count). The number of methoxy groups -OCH3 is 1. The number of rotatable bonds is 5. The molecule has 5 heteroatoms. The fourth-order valence-corrected chi connectivity index (χ4v) is 1.34. The molecule has 0 amide bonds. The summed E-state index contributed by atoms with van der Waals surface area (Å²) in [6.07, 6.45) is -1.46. The Bertz CT molecular complexity index is 337. The lowest BCUT2D eigenvalue weighted by Gasteiger charge is -2.29. The summed E-state index contributed by atoms with van der Waals surface area (Å²) in [5, 5.41) is 8.69. The average molecular weight is 226 g/mol. The lowest BCUT2D eigenvalue weighted by atomic mass is 10.2. The first kappa shape index (κ1) is 12.5. The predicted octanol–water partition coefficient (Wildman–Crippen LogP) is 2.17. The van der Waals surface area contributed by atoms with Gasteiger partial charge in [-0.15, -0.1) is 0 Å². The molecule has 0 saturated carbocycles. The quantitative estimate of drug-likeness (QED) is 0.615. The van der Waals surface area contributed by atoms with Gasteiger partial charge in [0.15, 0.2) is 0 Å². The Morgan fingerprint density at radius 2 is 2.00 bits per heavy atom. The zero-order chi connectivity index (χ0) is 12.0. The number of carboxylic acid groups (broad SMARTS) is 1. The summed E-state index contributed by atoms with van der Waals surface area (Å²) in [6, 6.07) is 8.63. The molecule has 0 heterocycles. The van der Waals surface area contributed by atoms with Gasteiger partial charge in [-0.05, 0) is 19.1 Å². The Morgan fingerprint density at radius 3 is 2.44 bits per heavy atom. The second-order valence-corrected chi connectivity index (χ2v) is 2.93. The highest BCUT2D eigenvalue weighted by atomic mass is 16.9. The standard InChI is InChI=1S/C11H14O5/c1-3-15-11(14-2,16-10(12)13)9-7-5-4-6-8-9/h4-8H,3H2,1-2H3,(H,12,13). The van der Waals surface area contributed by atoms with Crippen LogP contribution in [0.25, 0.3) is 0 Å². The average Bonchev–Trinajstić information content (AvgIpc) is 2.29. The van der Waals surface area contributed by atoms with Gasteiger partial charge in [0.05, 0.1) is 12.2 Å². The van der Waals surface area contributed by atoms with Gasteiger partial charge < -0.3 is 19.3 Å². The van der Waals surface area contributed by atoms with E-state index in [1.165, 1.54) is 7.11 Å². The monoisotopic (exact) mass is 226 g/mol. The van der Waals surface area contributed by atoms with Crippen LogP contribution in [-0.2, 0) is 20.2 Å². The molecular weight excluding hydrogens is 212 g/mol. The van der Waals surface area contributed by atoms with E-state index in [9.17, 15) is 4.79 Å². The van der Waals surface area contributed by atoms with E-state index in [0.717, 1.165) is 0 Å². The third-order valence-electron chi connectivity index (χ3n) is 1.95. The van der Waals surface area contributed by atoms with Crippen LogP contribution < -0.4 is 0 Å². The van der Waals surface area contributed by atoms with Gasteiger partial charge in [-0.3, -0.25) is 0 Å². The number of benzene rings is 1. The van der Waals surface area contributed by atoms with Gasteiger partial charge in [0, 0.05) is 7.11 Å². The Labute approximate surface area is 93.6 Å². The van der Waals surface area contributed by atoms with Crippen molar-refractivity contribution in [2.24, 2.45) is 0 Å². The molecule has 1 atom stereocenters. The summed E-state index contributed by atoms with van der Waals surface area (Å²) in [4.78, 5) is 10.6. The largest absolute Gasteiger partial charge is 0.510 e. The SMILES string of the molecule is CCOC(OC)(OC(=O)O)c1ccccc1. The molecule has 1 aromatic rings. The molecule has 0 radical (unpaired) electrons. The zero-order valence-electron chi connectivity index (χ0n) is 9.17. The molecule has 1 N–H and O–H groups in total. The van der Waals surface area contributed by atoms with Crippen molar-refractivity contribution in [3.8, 4) is 0 Å². The highest BCUT2D eigenvalue weighted by Crippen LogP contribution is 2.28. The molecule has 1 aromatic carbocycles. The van der Waals surface area contributed by atoms with Crippen LogP contribution in [0.1, 0.15) is 12.5 Å². The lowest BCUT2D eigenvalue weighted by molar-refractivity contribution is -0.360. The van der Waals surface area contributed by atoms with Crippen molar-refractivity contribution in [1.82, 2.24) is 0 Å². The summed E-state index contributed by atoms with van der Waals surface area (Å²) in [6.45, 7) is 1.98. The van der Waals surface area contributed by atoms with E-state index in [-0.39, 0.29) is 6.61 Å². The number of ether oxygens (including phenoxy) is 3. The Hall–Kier alpha value is -1.59. The van der Waals surface area contributed by atoms with E-state index in [2.05, 4.69) is 4.74 Å². The van der Waals surface area contributed by atoms with Crippen molar-refractivity contribution in [3.63, 3.8) is 0 Å². The van der Waals surface area contributed by atoms with Crippen LogP contribution in [0.3, 0.4) is 0 Å². The molecule has 1 unspecified atom stereocenters. The van der Waals surface area contributed by atoms with Crippen LogP contribution in [0.4, 0.5) is 4.79 Å². The topological polar surface area (TPSA) is 65.0 Å². The van der Waals surface area contributed by atoms with Gasteiger partial charge in [-0.1, -0.05) is 18.2 Å². The first-order valence-electron chi connectivity index (χ1n) is 4.81. The van der Waals surface area contributed by atoms with E-state index in [4.69, 9.17) is 14.6 Å².